The normalized spacial score (nSPS) is 49.0. The van der Waals surface area contributed by atoms with Crippen molar-refractivity contribution in [2.75, 3.05) is 0 Å². The van der Waals surface area contributed by atoms with Crippen LogP contribution in [0.25, 0.3) is 0 Å². The first-order chi connectivity index (χ1) is 12.7. The Balaban J connectivity index is 1.61. The van der Waals surface area contributed by atoms with Gasteiger partial charge >= 0.3 is 5.97 Å². The Labute approximate surface area is 160 Å². The van der Waals surface area contributed by atoms with Gasteiger partial charge in [-0.3, -0.25) is 4.79 Å². The summed E-state index contributed by atoms with van der Waals surface area (Å²) < 4.78 is 32.6. The summed E-state index contributed by atoms with van der Waals surface area (Å²) in [5.41, 5.74) is 0.0193. The minimum absolute atomic E-state index is 0.0418. The third-order valence-electron chi connectivity index (χ3n) is 8.98. The summed E-state index contributed by atoms with van der Waals surface area (Å²) in [5.74, 6) is 0.763. The molecular formula is C22H32F2O3. The van der Waals surface area contributed by atoms with Gasteiger partial charge in [-0.1, -0.05) is 13.8 Å². The predicted octanol–water partition coefficient (Wildman–Crippen LogP) is 5.08. The van der Waals surface area contributed by atoms with Gasteiger partial charge in [0.2, 0.25) is 0 Å². The van der Waals surface area contributed by atoms with E-state index < -0.39 is 17.6 Å². The summed E-state index contributed by atoms with van der Waals surface area (Å²) in [6, 6.07) is 0. The van der Waals surface area contributed by atoms with Gasteiger partial charge in [-0.05, 0) is 85.9 Å². The maximum Gasteiger partial charge on any atom is 0.302 e. The van der Waals surface area contributed by atoms with Gasteiger partial charge in [0.25, 0.3) is 6.08 Å². The van der Waals surface area contributed by atoms with Gasteiger partial charge in [-0.25, -0.2) is 0 Å². The predicted molar refractivity (Wildman–Crippen MR) is 97.9 cm³/mol. The first-order valence-electron chi connectivity index (χ1n) is 10.6. The smallest absolute Gasteiger partial charge is 0.302 e. The second-order valence-electron chi connectivity index (χ2n) is 10.0. The molecule has 27 heavy (non-hydrogen) atoms. The number of hydrogen-bond acceptors (Lipinski definition) is 3. The lowest BCUT2D eigenvalue weighted by molar-refractivity contribution is -0.176. The second-order valence-corrected chi connectivity index (χ2v) is 10.0. The maximum absolute atomic E-state index is 13.5. The lowest BCUT2D eigenvalue weighted by Gasteiger charge is -2.61. The van der Waals surface area contributed by atoms with E-state index in [-0.39, 0.29) is 29.3 Å². The zero-order valence-corrected chi connectivity index (χ0v) is 16.6. The molecule has 4 rings (SSSR count). The fourth-order valence-electron chi connectivity index (χ4n) is 7.65. The molecule has 0 amide bonds. The van der Waals surface area contributed by atoms with E-state index in [1.807, 2.05) is 6.92 Å². The summed E-state index contributed by atoms with van der Waals surface area (Å²) in [6.07, 6.45) is 4.40. The lowest BCUT2D eigenvalue weighted by Crippen LogP contribution is -2.58. The molecule has 0 aliphatic heterocycles. The number of esters is 1. The van der Waals surface area contributed by atoms with E-state index in [4.69, 9.17) is 4.74 Å². The van der Waals surface area contributed by atoms with Gasteiger partial charge in [-0.2, -0.15) is 8.78 Å². The first kappa shape index (κ1) is 19.4. The van der Waals surface area contributed by atoms with E-state index in [0.29, 0.717) is 30.3 Å². The standard InChI is InChI=1S/C22H32F2O3/c1-12(25)27-14-6-8-21(2)13(10-14)11-18(26)19-15-4-5-17(20(23)24)22(15,3)9-7-16(19)21/h13-16,18-19,26H,4-11H2,1-3H3/t13?,14-,15?,16?,18-,19?,21-,22-/m0/s1. The fourth-order valence-corrected chi connectivity index (χ4v) is 7.65. The SMILES string of the molecule is CC(=O)O[C@H]1CC[C@@]2(C)C(C1)C[C@H](O)C1C2CC[C@]2(C)C(=C(F)F)CCC12. The summed E-state index contributed by atoms with van der Waals surface area (Å²) in [6.45, 7) is 5.81. The third kappa shape index (κ3) is 2.87. The van der Waals surface area contributed by atoms with Crippen LogP contribution in [0, 0.1) is 34.5 Å². The molecule has 4 saturated carbocycles. The summed E-state index contributed by atoms with van der Waals surface area (Å²) in [4.78, 5) is 11.4. The summed E-state index contributed by atoms with van der Waals surface area (Å²) >= 11 is 0. The van der Waals surface area contributed by atoms with Crippen LogP contribution in [0.15, 0.2) is 11.7 Å². The average molecular weight is 382 g/mol. The summed E-state index contributed by atoms with van der Waals surface area (Å²) in [7, 11) is 0. The van der Waals surface area contributed by atoms with Crippen LogP contribution in [0.1, 0.15) is 72.1 Å². The molecule has 152 valence electrons. The van der Waals surface area contributed by atoms with Crippen molar-refractivity contribution in [3.8, 4) is 0 Å². The quantitative estimate of drug-likeness (QED) is 0.643. The second kappa shape index (κ2) is 6.53. The summed E-state index contributed by atoms with van der Waals surface area (Å²) in [5, 5.41) is 11.1. The van der Waals surface area contributed by atoms with Crippen LogP contribution in [0.5, 0.6) is 0 Å². The molecule has 0 aromatic heterocycles. The number of halogens is 2. The number of aliphatic hydroxyl groups excluding tert-OH is 1. The van der Waals surface area contributed by atoms with E-state index in [9.17, 15) is 18.7 Å². The van der Waals surface area contributed by atoms with Gasteiger partial charge in [0, 0.05) is 12.5 Å². The number of carbonyl (C=O) groups is 1. The molecule has 0 radical (unpaired) electrons. The van der Waals surface area contributed by atoms with Crippen LogP contribution in [0.3, 0.4) is 0 Å². The fraction of sp³-hybridized carbons (Fsp3) is 0.864. The minimum Gasteiger partial charge on any atom is -0.463 e. The molecular weight excluding hydrogens is 350 g/mol. The van der Waals surface area contributed by atoms with Gasteiger partial charge in [0.15, 0.2) is 0 Å². The van der Waals surface area contributed by atoms with Crippen molar-refractivity contribution < 1.29 is 23.4 Å². The Hall–Kier alpha value is -0.970. The first-order valence-corrected chi connectivity index (χ1v) is 10.6. The minimum atomic E-state index is -1.49. The number of fused-ring (bicyclic) bond motifs is 5. The van der Waals surface area contributed by atoms with Crippen molar-refractivity contribution in [2.24, 2.45) is 34.5 Å². The molecule has 0 saturated heterocycles. The van der Waals surface area contributed by atoms with Crippen molar-refractivity contribution in [3.63, 3.8) is 0 Å². The molecule has 4 unspecified atom stereocenters. The van der Waals surface area contributed by atoms with Crippen LogP contribution < -0.4 is 0 Å². The highest BCUT2D eigenvalue weighted by Gasteiger charge is 2.62. The number of carbonyl (C=O) groups excluding carboxylic acids is 1. The van der Waals surface area contributed by atoms with Gasteiger partial charge in [0.05, 0.1) is 6.10 Å². The zero-order valence-electron chi connectivity index (χ0n) is 16.6. The van der Waals surface area contributed by atoms with Crippen LogP contribution in [-0.4, -0.2) is 23.3 Å². The molecule has 0 spiro atoms. The average Bonchev–Trinajstić information content (AvgIpc) is 2.93. The molecule has 4 fully saturated rings. The van der Waals surface area contributed by atoms with E-state index >= 15 is 0 Å². The van der Waals surface area contributed by atoms with Gasteiger partial charge < -0.3 is 9.84 Å². The van der Waals surface area contributed by atoms with Crippen molar-refractivity contribution in [3.05, 3.63) is 11.7 Å². The molecule has 4 aliphatic carbocycles. The molecule has 8 atom stereocenters. The number of hydrogen-bond donors (Lipinski definition) is 1. The van der Waals surface area contributed by atoms with E-state index in [1.165, 1.54) is 6.92 Å². The molecule has 0 heterocycles. The largest absolute Gasteiger partial charge is 0.463 e. The zero-order chi connectivity index (χ0) is 19.6. The van der Waals surface area contributed by atoms with Crippen LogP contribution in [0.2, 0.25) is 0 Å². The van der Waals surface area contributed by atoms with Crippen LogP contribution in [0.4, 0.5) is 8.78 Å². The highest BCUT2D eigenvalue weighted by atomic mass is 19.3. The molecule has 3 nitrogen and oxygen atoms in total. The Morgan fingerprint density at radius 2 is 1.85 bits per heavy atom. The molecule has 0 bridgehead atoms. The molecule has 0 aromatic rings. The highest BCUT2D eigenvalue weighted by molar-refractivity contribution is 5.66. The van der Waals surface area contributed by atoms with Crippen LogP contribution >= 0.6 is 0 Å². The van der Waals surface area contributed by atoms with Crippen molar-refractivity contribution in [1.29, 1.82) is 0 Å². The Bertz CT molecular complexity index is 658. The highest BCUT2D eigenvalue weighted by Crippen LogP contribution is 2.67. The Morgan fingerprint density at radius 3 is 2.52 bits per heavy atom. The molecule has 0 aromatic carbocycles. The van der Waals surface area contributed by atoms with E-state index in [0.717, 1.165) is 38.5 Å². The van der Waals surface area contributed by atoms with Crippen LogP contribution in [-0.2, 0) is 9.53 Å². The molecule has 4 aliphatic rings. The Morgan fingerprint density at radius 1 is 1.11 bits per heavy atom. The lowest BCUT2D eigenvalue weighted by atomic mass is 9.44. The number of ether oxygens (including phenoxy) is 1. The molecule has 5 heteroatoms. The Kier molecular flexibility index (Phi) is 4.68. The van der Waals surface area contributed by atoms with Crippen molar-refractivity contribution >= 4 is 5.97 Å². The molecule has 1 N–H and O–H groups in total. The number of aliphatic hydroxyl groups is 1. The van der Waals surface area contributed by atoms with Gasteiger partial charge in [0.1, 0.15) is 6.10 Å². The van der Waals surface area contributed by atoms with Crippen molar-refractivity contribution in [1.82, 2.24) is 0 Å². The number of allylic oxidation sites excluding steroid dienone is 1. The monoisotopic (exact) mass is 382 g/mol. The maximum atomic E-state index is 13.5. The topological polar surface area (TPSA) is 46.5 Å². The number of rotatable bonds is 1. The van der Waals surface area contributed by atoms with Crippen molar-refractivity contribution in [2.45, 2.75) is 84.3 Å². The third-order valence-corrected chi connectivity index (χ3v) is 8.98. The van der Waals surface area contributed by atoms with E-state index in [1.54, 1.807) is 0 Å². The van der Waals surface area contributed by atoms with E-state index in [2.05, 4.69) is 6.92 Å². The van der Waals surface area contributed by atoms with Gasteiger partial charge in [-0.15, -0.1) is 0 Å².